The van der Waals surface area contributed by atoms with E-state index in [9.17, 15) is 0 Å². The third-order valence-corrected chi connectivity index (χ3v) is 5.09. The number of unbranched alkanes of at least 4 members (excludes halogenated alkanes) is 1. The molecular formula is C22H25N3O. The minimum atomic E-state index is 0.0484. The Morgan fingerprint density at radius 2 is 1.81 bits per heavy atom. The van der Waals surface area contributed by atoms with Crippen LogP contribution in [0.5, 0.6) is 0 Å². The molecule has 26 heavy (non-hydrogen) atoms. The summed E-state index contributed by atoms with van der Waals surface area (Å²) in [4.78, 5) is 0. The van der Waals surface area contributed by atoms with Crippen LogP contribution in [0.4, 0.5) is 0 Å². The van der Waals surface area contributed by atoms with Gasteiger partial charge >= 0.3 is 0 Å². The molecule has 134 valence electrons. The number of hydrogen-bond donors (Lipinski definition) is 0. The van der Waals surface area contributed by atoms with Crippen molar-refractivity contribution in [2.24, 2.45) is 0 Å². The first-order valence-corrected chi connectivity index (χ1v) is 9.56. The SMILES string of the molecule is CCCCOC1Cc2ccccc2-c2nnn(CC)c2-c2ccccc21. The summed E-state index contributed by atoms with van der Waals surface area (Å²) >= 11 is 0. The quantitative estimate of drug-likeness (QED) is 0.607. The maximum atomic E-state index is 6.36. The molecule has 1 atom stereocenters. The van der Waals surface area contributed by atoms with Crippen molar-refractivity contribution in [3.63, 3.8) is 0 Å². The largest absolute Gasteiger partial charge is 0.373 e. The number of hydrogen-bond acceptors (Lipinski definition) is 3. The molecule has 4 heteroatoms. The second-order valence-corrected chi connectivity index (χ2v) is 6.76. The molecule has 0 amide bonds. The predicted octanol–water partition coefficient (Wildman–Crippen LogP) is 5.05. The summed E-state index contributed by atoms with van der Waals surface area (Å²) < 4.78 is 8.36. The molecule has 0 aliphatic heterocycles. The van der Waals surface area contributed by atoms with Crippen LogP contribution >= 0.6 is 0 Å². The second kappa shape index (κ2) is 7.42. The molecule has 4 nitrogen and oxygen atoms in total. The second-order valence-electron chi connectivity index (χ2n) is 6.76. The summed E-state index contributed by atoms with van der Waals surface area (Å²) in [6.45, 7) is 5.88. The lowest BCUT2D eigenvalue weighted by atomic mass is 9.87. The van der Waals surface area contributed by atoms with E-state index in [1.54, 1.807) is 0 Å². The van der Waals surface area contributed by atoms with Crippen LogP contribution < -0.4 is 0 Å². The van der Waals surface area contributed by atoms with Crippen LogP contribution in [0.3, 0.4) is 0 Å². The van der Waals surface area contributed by atoms with Crippen molar-refractivity contribution in [1.29, 1.82) is 0 Å². The van der Waals surface area contributed by atoms with Crippen molar-refractivity contribution >= 4 is 0 Å². The zero-order valence-corrected chi connectivity index (χ0v) is 15.5. The molecule has 1 aliphatic carbocycles. The molecule has 2 aromatic carbocycles. The minimum absolute atomic E-state index is 0.0484. The zero-order valence-electron chi connectivity index (χ0n) is 15.5. The van der Waals surface area contributed by atoms with Crippen molar-refractivity contribution in [2.45, 2.75) is 45.8 Å². The molecule has 1 heterocycles. The van der Waals surface area contributed by atoms with E-state index in [-0.39, 0.29) is 6.10 Å². The number of ether oxygens (including phenoxy) is 1. The third kappa shape index (κ3) is 2.95. The Morgan fingerprint density at radius 1 is 1.04 bits per heavy atom. The Labute approximate surface area is 154 Å². The number of benzene rings is 2. The standard InChI is InChI=1S/C22H25N3O/c1-3-5-14-26-20-15-16-10-6-7-11-17(16)21-22(25(4-2)24-23-21)19-13-9-8-12-18(19)20/h6-13,20H,3-5,14-15H2,1-2H3. The summed E-state index contributed by atoms with van der Waals surface area (Å²) in [6, 6.07) is 17.1. The van der Waals surface area contributed by atoms with Crippen LogP contribution in [0.1, 0.15) is 43.9 Å². The number of fused-ring (bicyclic) bond motifs is 5. The van der Waals surface area contributed by atoms with Gasteiger partial charge < -0.3 is 4.74 Å². The van der Waals surface area contributed by atoms with Gasteiger partial charge in [-0.05, 0) is 24.5 Å². The van der Waals surface area contributed by atoms with E-state index in [0.29, 0.717) is 0 Å². The molecule has 1 aromatic heterocycles. The molecule has 0 N–H and O–H groups in total. The van der Waals surface area contributed by atoms with Gasteiger partial charge in [0.05, 0.1) is 11.8 Å². The highest BCUT2D eigenvalue weighted by Crippen LogP contribution is 2.41. The van der Waals surface area contributed by atoms with Crippen LogP contribution in [0.15, 0.2) is 48.5 Å². The van der Waals surface area contributed by atoms with E-state index in [2.05, 4.69) is 72.7 Å². The average molecular weight is 347 g/mol. The summed E-state index contributed by atoms with van der Waals surface area (Å²) in [6.07, 6.45) is 3.13. The minimum Gasteiger partial charge on any atom is -0.373 e. The summed E-state index contributed by atoms with van der Waals surface area (Å²) in [5.41, 5.74) is 6.93. The lowest BCUT2D eigenvalue weighted by Crippen LogP contribution is -2.14. The Hall–Kier alpha value is -2.46. The zero-order chi connectivity index (χ0) is 17.9. The highest BCUT2D eigenvalue weighted by atomic mass is 16.5. The fourth-order valence-electron chi connectivity index (χ4n) is 3.73. The third-order valence-electron chi connectivity index (χ3n) is 5.09. The number of aromatic nitrogens is 3. The van der Waals surface area contributed by atoms with E-state index in [1.165, 1.54) is 22.3 Å². The topological polar surface area (TPSA) is 39.9 Å². The summed E-state index contributed by atoms with van der Waals surface area (Å²) in [5, 5.41) is 8.97. The highest BCUT2D eigenvalue weighted by Gasteiger charge is 2.27. The fourth-order valence-corrected chi connectivity index (χ4v) is 3.73. The van der Waals surface area contributed by atoms with Gasteiger partial charge in [-0.2, -0.15) is 0 Å². The van der Waals surface area contributed by atoms with Gasteiger partial charge in [-0.1, -0.05) is 67.1 Å². The molecule has 0 bridgehead atoms. The average Bonchev–Trinajstić information content (AvgIpc) is 3.10. The summed E-state index contributed by atoms with van der Waals surface area (Å²) in [5.74, 6) is 0. The Bertz CT molecular complexity index is 900. The van der Waals surface area contributed by atoms with Gasteiger partial charge in [0, 0.05) is 30.7 Å². The van der Waals surface area contributed by atoms with E-state index in [4.69, 9.17) is 4.74 Å². The van der Waals surface area contributed by atoms with Gasteiger partial charge in [-0.15, -0.1) is 5.10 Å². The first-order valence-electron chi connectivity index (χ1n) is 9.56. The smallest absolute Gasteiger partial charge is 0.121 e. The molecule has 0 spiro atoms. The van der Waals surface area contributed by atoms with Gasteiger partial charge in [0.2, 0.25) is 0 Å². The fraction of sp³-hybridized carbons (Fsp3) is 0.364. The van der Waals surface area contributed by atoms with E-state index in [0.717, 1.165) is 43.8 Å². The predicted molar refractivity (Wildman–Crippen MR) is 104 cm³/mol. The van der Waals surface area contributed by atoms with Crippen LogP contribution in [0.25, 0.3) is 22.5 Å². The van der Waals surface area contributed by atoms with E-state index < -0.39 is 0 Å². The molecular weight excluding hydrogens is 322 g/mol. The van der Waals surface area contributed by atoms with E-state index >= 15 is 0 Å². The molecule has 0 saturated carbocycles. The van der Waals surface area contributed by atoms with Crippen LogP contribution in [0, 0.1) is 0 Å². The first kappa shape index (κ1) is 17.0. The Kier molecular flexibility index (Phi) is 4.85. The summed E-state index contributed by atoms with van der Waals surface area (Å²) in [7, 11) is 0. The first-order chi connectivity index (χ1) is 12.8. The highest BCUT2D eigenvalue weighted by molar-refractivity contribution is 5.82. The van der Waals surface area contributed by atoms with Crippen molar-refractivity contribution in [3.05, 3.63) is 59.7 Å². The van der Waals surface area contributed by atoms with Crippen molar-refractivity contribution in [1.82, 2.24) is 15.0 Å². The molecule has 1 unspecified atom stereocenters. The maximum Gasteiger partial charge on any atom is 0.121 e. The molecule has 0 saturated heterocycles. The Balaban J connectivity index is 1.92. The molecule has 0 fully saturated rings. The lowest BCUT2D eigenvalue weighted by Gasteiger charge is -2.25. The monoisotopic (exact) mass is 347 g/mol. The van der Waals surface area contributed by atoms with Gasteiger partial charge in [-0.3, -0.25) is 0 Å². The van der Waals surface area contributed by atoms with Crippen LogP contribution in [-0.4, -0.2) is 21.6 Å². The molecule has 3 aromatic rings. The van der Waals surface area contributed by atoms with Crippen LogP contribution in [-0.2, 0) is 17.7 Å². The van der Waals surface area contributed by atoms with Crippen molar-refractivity contribution < 1.29 is 4.74 Å². The normalized spacial score (nSPS) is 15.5. The van der Waals surface area contributed by atoms with E-state index in [1.807, 2.05) is 4.68 Å². The lowest BCUT2D eigenvalue weighted by molar-refractivity contribution is 0.0512. The van der Waals surface area contributed by atoms with Gasteiger partial charge in [0.1, 0.15) is 5.69 Å². The number of nitrogens with zero attached hydrogens (tertiary/aromatic N) is 3. The van der Waals surface area contributed by atoms with Gasteiger partial charge in [0.15, 0.2) is 0 Å². The maximum absolute atomic E-state index is 6.36. The molecule has 0 radical (unpaired) electrons. The Morgan fingerprint density at radius 3 is 2.62 bits per heavy atom. The number of aryl methyl sites for hydroxylation is 1. The van der Waals surface area contributed by atoms with Crippen molar-refractivity contribution in [2.75, 3.05) is 6.61 Å². The number of rotatable bonds is 5. The van der Waals surface area contributed by atoms with Gasteiger partial charge in [0.25, 0.3) is 0 Å². The molecule has 1 aliphatic rings. The molecule has 4 rings (SSSR count). The van der Waals surface area contributed by atoms with Gasteiger partial charge in [-0.25, -0.2) is 4.68 Å². The van der Waals surface area contributed by atoms with Crippen LogP contribution in [0.2, 0.25) is 0 Å². The van der Waals surface area contributed by atoms with Crippen molar-refractivity contribution in [3.8, 4) is 22.5 Å².